The summed E-state index contributed by atoms with van der Waals surface area (Å²) in [5.41, 5.74) is 0.937. The number of carbonyl (C=O) groups excluding carboxylic acids is 2. The van der Waals surface area contributed by atoms with Crippen molar-refractivity contribution in [2.75, 3.05) is 5.32 Å². The van der Waals surface area contributed by atoms with Gasteiger partial charge in [0.15, 0.2) is 0 Å². The number of hydrogen-bond acceptors (Lipinski definition) is 3. The largest absolute Gasteiger partial charge is 1.00 e. The summed E-state index contributed by atoms with van der Waals surface area (Å²) in [4.78, 5) is 24.2. The molecule has 1 N–H and O–H groups in total. The molecule has 10 heteroatoms. The fourth-order valence-electron chi connectivity index (χ4n) is 3.84. The van der Waals surface area contributed by atoms with Crippen LogP contribution < -0.4 is 40.0 Å². The average molecular weight is 510 g/mol. The van der Waals surface area contributed by atoms with Gasteiger partial charge in [-0.2, -0.15) is 13.2 Å². The minimum atomic E-state index is -4.61. The summed E-state index contributed by atoms with van der Waals surface area (Å²) < 4.78 is 40.6. The van der Waals surface area contributed by atoms with Gasteiger partial charge < -0.3 is 15.2 Å². The number of aliphatic carboxylic acids is 1. The molecular formula is C23H21Cl2F3NNaO3. The van der Waals surface area contributed by atoms with Crippen molar-refractivity contribution in [2.45, 2.75) is 44.2 Å². The number of carboxylic acids is 1. The standard InChI is InChI=1S/C23H22Cl2F3NO3.Na/c1-12(23(26,27)28)21(14-4-7-16(24)8-5-14)22(32)29-19-10-15(6-9-18(19)25)17(11-20(30)31)13-2-3-13;/h4-10,12-13,17,21H,2-3,11H2,1H3,(H,29,32)(H,30,31);/q;+1/p-1/t12-,17+,21-;/m1./s1. The third-order valence-electron chi connectivity index (χ3n) is 5.78. The first kappa shape index (κ1) is 28.0. The smallest absolute Gasteiger partial charge is 0.550 e. The number of rotatable bonds is 8. The number of benzene rings is 2. The SMILES string of the molecule is C[C@H]([C@@H](C(=O)Nc1cc([C@@H](CC(=O)[O-])C2CC2)ccc1Cl)c1ccc(Cl)cc1)C(F)(F)F.[Na+]. The third-order valence-corrected chi connectivity index (χ3v) is 6.36. The Hall–Kier alpha value is -1.25. The molecular weight excluding hydrogens is 489 g/mol. The van der Waals surface area contributed by atoms with E-state index >= 15 is 0 Å². The van der Waals surface area contributed by atoms with Crippen molar-refractivity contribution in [3.63, 3.8) is 0 Å². The van der Waals surface area contributed by atoms with Crippen LogP contribution in [0.4, 0.5) is 18.9 Å². The molecule has 1 fully saturated rings. The summed E-state index contributed by atoms with van der Waals surface area (Å²) in [5, 5.41) is 14.2. The molecule has 33 heavy (non-hydrogen) atoms. The van der Waals surface area contributed by atoms with Crippen LogP contribution in [0.2, 0.25) is 10.0 Å². The van der Waals surface area contributed by atoms with E-state index in [1.165, 1.54) is 36.4 Å². The second-order valence-electron chi connectivity index (χ2n) is 8.11. The van der Waals surface area contributed by atoms with E-state index in [1.807, 2.05) is 0 Å². The molecule has 0 saturated heterocycles. The summed E-state index contributed by atoms with van der Waals surface area (Å²) in [6.07, 6.45) is -3.04. The molecule has 1 aliphatic rings. The molecule has 0 heterocycles. The molecule has 0 aromatic heterocycles. The summed E-state index contributed by atoms with van der Waals surface area (Å²) in [5.74, 6) is -5.69. The van der Waals surface area contributed by atoms with Crippen molar-refractivity contribution in [3.8, 4) is 0 Å². The second kappa shape index (κ2) is 11.5. The van der Waals surface area contributed by atoms with Crippen molar-refractivity contribution in [3.05, 3.63) is 63.6 Å². The summed E-state index contributed by atoms with van der Waals surface area (Å²) >= 11 is 12.0. The Kier molecular flexibility index (Phi) is 9.71. The summed E-state index contributed by atoms with van der Waals surface area (Å²) in [6, 6.07) is 10.3. The monoisotopic (exact) mass is 509 g/mol. The summed E-state index contributed by atoms with van der Waals surface area (Å²) in [7, 11) is 0. The van der Waals surface area contributed by atoms with Crippen molar-refractivity contribution in [2.24, 2.45) is 11.8 Å². The molecule has 0 spiro atoms. The average Bonchev–Trinajstić information content (AvgIpc) is 3.54. The predicted octanol–water partition coefficient (Wildman–Crippen LogP) is 2.55. The van der Waals surface area contributed by atoms with Crippen LogP contribution >= 0.6 is 23.2 Å². The molecule has 172 valence electrons. The van der Waals surface area contributed by atoms with Gasteiger partial charge in [0.1, 0.15) is 0 Å². The molecule has 0 bridgehead atoms. The van der Waals surface area contributed by atoms with Gasteiger partial charge in [0.2, 0.25) is 5.91 Å². The van der Waals surface area contributed by atoms with E-state index in [9.17, 15) is 27.9 Å². The Morgan fingerprint density at radius 1 is 1.09 bits per heavy atom. The molecule has 0 unspecified atom stereocenters. The second-order valence-corrected chi connectivity index (χ2v) is 8.95. The molecule has 3 atom stereocenters. The van der Waals surface area contributed by atoms with Crippen molar-refractivity contribution < 1.29 is 57.4 Å². The van der Waals surface area contributed by atoms with Gasteiger partial charge >= 0.3 is 35.7 Å². The molecule has 3 rings (SSSR count). The van der Waals surface area contributed by atoms with Crippen LogP contribution in [0.1, 0.15) is 49.1 Å². The number of carboxylic acid groups (broad SMARTS) is 1. The van der Waals surface area contributed by atoms with Gasteiger partial charge in [0, 0.05) is 11.0 Å². The zero-order valence-electron chi connectivity index (χ0n) is 18.1. The number of anilines is 1. The molecule has 2 aromatic carbocycles. The topological polar surface area (TPSA) is 69.2 Å². The van der Waals surface area contributed by atoms with Crippen LogP contribution in [0.15, 0.2) is 42.5 Å². The van der Waals surface area contributed by atoms with Crippen LogP contribution in [-0.4, -0.2) is 18.1 Å². The number of hydrogen-bond donors (Lipinski definition) is 1. The van der Waals surface area contributed by atoms with E-state index < -0.39 is 29.9 Å². The first-order valence-corrected chi connectivity index (χ1v) is 10.8. The minimum Gasteiger partial charge on any atom is -0.550 e. The zero-order chi connectivity index (χ0) is 23.6. The van der Waals surface area contributed by atoms with Gasteiger partial charge in [-0.1, -0.05) is 48.3 Å². The number of halogens is 5. The Morgan fingerprint density at radius 3 is 2.18 bits per heavy atom. The first-order chi connectivity index (χ1) is 15.0. The fourth-order valence-corrected chi connectivity index (χ4v) is 4.13. The van der Waals surface area contributed by atoms with Gasteiger partial charge in [-0.15, -0.1) is 0 Å². The molecule has 0 aliphatic heterocycles. The van der Waals surface area contributed by atoms with E-state index in [2.05, 4.69) is 5.32 Å². The fraction of sp³-hybridized carbons (Fsp3) is 0.391. The zero-order valence-corrected chi connectivity index (χ0v) is 21.6. The van der Waals surface area contributed by atoms with Gasteiger partial charge in [0.05, 0.1) is 22.5 Å². The Labute approximate surface area is 222 Å². The van der Waals surface area contributed by atoms with Crippen LogP contribution in [0.3, 0.4) is 0 Å². The molecule has 4 nitrogen and oxygen atoms in total. The first-order valence-electron chi connectivity index (χ1n) is 10.1. The number of carbonyl (C=O) groups is 2. The van der Waals surface area contributed by atoms with Crippen LogP contribution in [0.25, 0.3) is 0 Å². The van der Waals surface area contributed by atoms with Crippen LogP contribution in [0.5, 0.6) is 0 Å². The molecule has 1 amide bonds. The van der Waals surface area contributed by atoms with E-state index in [4.69, 9.17) is 23.2 Å². The Balaban J connectivity index is 0.00000385. The van der Waals surface area contributed by atoms with Gasteiger partial charge in [-0.3, -0.25) is 4.79 Å². The quantitative estimate of drug-likeness (QED) is 0.556. The van der Waals surface area contributed by atoms with Crippen LogP contribution in [-0.2, 0) is 9.59 Å². The van der Waals surface area contributed by atoms with E-state index in [0.717, 1.165) is 19.8 Å². The predicted molar refractivity (Wildman–Crippen MR) is 115 cm³/mol. The van der Waals surface area contributed by atoms with Crippen molar-refractivity contribution in [1.29, 1.82) is 0 Å². The van der Waals surface area contributed by atoms with Crippen LogP contribution in [0, 0.1) is 11.8 Å². The molecule has 1 saturated carbocycles. The molecule has 2 aromatic rings. The maximum Gasteiger partial charge on any atom is 1.00 e. The van der Waals surface area contributed by atoms with Crippen molar-refractivity contribution in [1.82, 2.24) is 0 Å². The molecule has 1 aliphatic carbocycles. The molecule has 0 radical (unpaired) electrons. The number of amides is 1. The van der Waals surface area contributed by atoms with Crippen molar-refractivity contribution >= 4 is 40.8 Å². The van der Waals surface area contributed by atoms with E-state index in [-0.39, 0.29) is 64.1 Å². The van der Waals surface area contributed by atoms with Gasteiger partial charge in [-0.05, 0) is 66.5 Å². The van der Waals surface area contributed by atoms with E-state index in [1.54, 1.807) is 6.07 Å². The van der Waals surface area contributed by atoms with Gasteiger partial charge in [0.25, 0.3) is 0 Å². The minimum absolute atomic E-state index is 0. The number of alkyl halides is 3. The normalized spacial score (nSPS) is 16.3. The third kappa shape index (κ3) is 7.36. The maximum absolute atomic E-state index is 13.5. The number of nitrogens with one attached hydrogen (secondary N) is 1. The Bertz CT molecular complexity index is 997. The van der Waals surface area contributed by atoms with E-state index in [0.29, 0.717) is 10.6 Å². The Morgan fingerprint density at radius 2 is 1.67 bits per heavy atom. The summed E-state index contributed by atoms with van der Waals surface area (Å²) in [6.45, 7) is 0.944. The maximum atomic E-state index is 13.5. The van der Waals surface area contributed by atoms with Gasteiger partial charge in [-0.25, -0.2) is 0 Å².